The quantitative estimate of drug-likeness (QED) is 0.428. The number of nitrogens with one attached hydrogen (secondary N) is 2. The van der Waals surface area contributed by atoms with Gasteiger partial charge in [-0.05, 0) is 48.9 Å². The van der Waals surface area contributed by atoms with Crippen molar-refractivity contribution >= 4 is 16.9 Å². The molecular formula is C25H26FN5O2. The van der Waals surface area contributed by atoms with Gasteiger partial charge in [0.15, 0.2) is 0 Å². The summed E-state index contributed by atoms with van der Waals surface area (Å²) in [5.41, 5.74) is 3.90. The summed E-state index contributed by atoms with van der Waals surface area (Å²) < 4.78 is 18.6. The molecule has 33 heavy (non-hydrogen) atoms. The number of hydrogen-bond donors (Lipinski definition) is 2. The summed E-state index contributed by atoms with van der Waals surface area (Å²) in [6.07, 6.45) is 2.64. The van der Waals surface area contributed by atoms with E-state index in [1.807, 2.05) is 29.2 Å². The first-order chi connectivity index (χ1) is 16.1. The van der Waals surface area contributed by atoms with Gasteiger partial charge in [-0.1, -0.05) is 12.1 Å². The number of rotatable bonds is 8. The third-order valence-electron chi connectivity index (χ3n) is 6.08. The summed E-state index contributed by atoms with van der Waals surface area (Å²) in [6, 6.07) is 15.9. The second kappa shape index (κ2) is 9.44. The van der Waals surface area contributed by atoms with Crippen molar-refractivity contribution in [1.82, 2.24) is 25.1 Å². The zero-order valence-corrected chi connectivity index (χ0v) is 18.3. The Labute approximate surface area is 191 Å². The lowest BCUT2D eigenvalue weighted by atomic mass is 10.0. The van der Waals surface area contributed by atoms with Gasteiger partial charge in [0.1, 0.15) is 17.4 Å². The Morgan fingerprint density at radius 3 is 2.85 bits per heavy atom. The Bertz CT molecular complexity index is 1200. The number of hydrogen-bond acceptors (Lipinski definition) is 4. The minimum Gasteiger partial charge on any atom is -0.493 e. The number of para-hydroxylation sites is 2. The fourth-order valence-corrected chi connectivity index (χ4v) is 4.26. The predicted octanol–water partition coefficient (Wildman–Crippen LogP) is 4.00. The second-order valence-electron chi connectivity index (χ2n) is 8.40. The largest absolute Gasteiger partial charge is 0.493 e. The predicted molar refractivity (Wildman–Crippen MR) is 123 cm³/mol. The van der Waals surface area contributed by atoms with Crippen LogP contribution in [-0.2, 0) is 17.6 Å². The molecule has 0 radical (unpaired) electrons. The number of aromatic nitrogens is 4. The molecule has 2 aromatic carbocycles. The summed E-state index contributed by atoms with van der Waals surface area (Å²) >= 11 is 0. The van der Waals surface area contributed by atoms with E-state index in [1.54, 1.807) is 12.1 Å². The van der Waals surface area contributed by atoms with Crippen molar-refractivity contribution in [3.63, 3.8) is 0 Å². The molecule has 1 amide bonds. The van der Waals surface area contributed by atoms with Crippen LogP contribution in [-0.4, -0.2) is 50.7 Å². The fourth-order valence-electron chi connectivity index (χ4n) is 4.26. The average Bonchev–Trinajstić information content (AvgIpc) is 3.57. The molecule has 5 rings (SSSR count). The highest BCUT2D eigenvalue weighted by Gasteiger charge is 2.28. The minimum atomic E-state index is -0.279. The van der Waals surface area contributed by atoms with Gasteiger partial charge in [0, 0.05) is 44.0 Å². The number of aromatic amines is 2. The van der Waals surface area contributed by atoms with Crippen LogP contribution in [0.5, 0.6) is 5.75 Å². The molecule has 0 aliphatic carbocycles. The molecule has 4 aromatic rings. The lowest BCUT2D eigenvalue weighted by Gasteiger charge is -2.15. The topological polar surface area (TPSA) is 86.9 Å². The van der Waals surface area contributed by atoms with Gasteiger partial charge in [-0.2, -0.15) is 5.10 Å². The molecule has 0 spiro atoms. The zero-order chi connectivity index (χ0) is 22.6. The second-order valence-corrected chi connectivity index (χ2v) is 8.40. The fraction of sp³-hybridized carbons (Fsp3) is 0.320. The van der Waals surface area contributed by atoms with E-state index < -0.39 is 0 Å². The van der Waals surface area contributed by atoms with Crippen LogP contribution in [0.3, 0.4) is 0 Å². The van der Waals surface area contributed by atoms with Crippen LogP contribution in [0.4, 0.5) is 4.39 Å². The maximum absolute atomic E-state index is 13.0. The van der Waals surface area contributed by atoms with E-state index in [0.29, 0.717) is 38.2 Å². The van der Waals surface area contributed by atoms with Gasteiger partial charge in [-0.3, -0.25) is 9.89 Å². The van der Waals surface area contributed by atoms with Gasteiger partial charge in [-0.25, -0.2) is 9.37 Å². The molecule has 2 N–H and O–H groups in total. The van der Waals surface area contributed by atoms with E-state index in [4.69, 9.17) is 4.74 Å². The molecule has 1 aliphatic rings. The molecule has 1 fully saturated rings. The van der Waals surface area contributed by atoms with Crippen LogP contribution in [0.1, 0.15) is 36.0 Å². The number of benzene rings is 2. The lowest BCUT2D eigenvalue weighted by Crippen LogP contribution is -2.28. The van der Waals surface area contributed by atoms with Crippen molar-refractivity contribution in [2.24, 2.45) is 0 Å². The Kier molecular flexibility index (Phi) is 6.06. The number of fused-ring (bicyclic) bond motifs is 1. The molecule has 1 aliphatic heterocycles. The third-order valence-corrected chi connectivity index (χ3v) is 6.08. The molecule has 0 bridgehead atoms. The van der Waals surface area contributed by atoms with Crippen LogP contribution < -0.4 is 4.74 Å². The number of carbonyl (C=O) groups is 1. The van der Waals surface area contributed by atoms with Gasteiger partial charge < -0.3 is 14.6 Å². The Hall–Kier alpha value is -3.68. The highest BCUT2D eigenvalue weighted by Crippen LogP contribution is 2.27. The van der Waals surface area contributed by atoms with Crippen molar-refractivity contribution < 1.29 is 13.9 Å². The van der Waals surface area contributed by atoms with Crippen molar-refractivity contribution in [2.75, 3.05) is 19.7 Å². The number of H-pyrrole nitrogens is 2. The van der Waals surface area contributed by atoms with Gasteiger partial charge in [0.05, 0.1) is 23.3 Å². The zero-order valence-electron chi connectivity index (χ0n) is 18.3. The molecule has 3 heterocycles. The number of nitrogens with zero attached hydrogens (tertiary/aromatic N) is 3. The SMILES string of the molecule is O=C(CCc1nc2ccccc2[nH]1)N1CC[C@H](c2cc(CCOc3ccc(F)cc3)[nH]n2)C1. The van der Waals surface area contributed by atoms with Gasteiger partial charge >= 0.3 is 0 Å². The van der Waals surface area contributed by atoms with E-state index in [2.05, 4.69) is 26.2 Å². The standard InChI is InChI=1S/C25H26FN5O2/c26-18-5-7-20(8-6-18)33-14-12-19-15-23(30-29-19)17-11-13-31(16-17)25(32)10-9-24-27-21-3-1-2-4-22(21)28-24/h1-8,15,17H,9-14,16H2,(H,27,28)(H,29,30)/t17-/m0/s1. The van der Waals surface area contributed by atoms with Gasteiger partial charge in [0.2, 0.25) is 5.91 Å². The maximum Gasteiger partial charge on any atom is 0.223 e. The van der Waals surface area contributed by atoms with Crippen LogP contribution in [0.25, 0.3) is 11.0 Å². The monoisotopic (exact) mass is 447 g/mol. The highest BCUT2D eigenvalue weighted by atomic mass is 19.1. The van der Waals surface area contributed by atoms with Crippen LogP contribution in [0.2, 0.25) is 0 Å². The Morgan fingerprint density at radius 1 is 1.15 bits per heavy atom. The molecule has 1 saturated heterocycles. The van der Waals surface area contributed by atoms with E-state index in [-0.39, 0.29) is 17.6 Å². The van der Waals surface area contributed by atoms with E-state index in [9.17, 15) is 9.18 Å². The number of carbonyl (C=O) groups excluding carboxylic acids is 1. The summed E-state index contributed by atoms with van der Waals surface area (Å²) in [5, 5.41) is 7.54. The highest BCUT2D eigenvalue weighted by molar-refractivity contribution is 5.77. The lowest BCUT2D eigenvalue weighted by molar-refractivity contribution is -0.130. The van der Waals surface area contributed by atoms with E-state index in [0.717, 1.165) is 41.2 Å². The van der Waals surface area contributed by atoms with Crippen molar-refractivity contribution in [3.8, 4) is 5.75 Å². The number of aryl methyl sites for hydroxylation is 1. The van der Waals surface area contributed by atoms with Crippen molar-refractivity contribution in [3.05, 3.63) is 77.6 Å². The van der Waals surface area contributed by atoms with Gasteiger partial charge in [-0.15, -0.1) is 0 Å². The first-order valence-electron chi connectivity index (χ1n) is 11.3. The normalized spacial score (nSPS) is 15.9. The first-order valence-corrected chi connectivity index (χ1v) is 11.3. The summed E-state index contributed by atoms with van der Waals surface area (Å²) in [7, 11) is 0. The maximum atomic E-state index is 13.0. The Morgan fingerprint density at radius 2 is 2.00 bits per heavy atom. The third kappa shape index (κ3) is 5.05. The summed E-state index contributed by atoms with van der Waals surface area (Å²) in [5.74, 6) is 1.60. The molecule has 0 saturated carbocycles. The molecular weight excluding hydrogens is 421 g/mol. The minimum absolute atomic E-state index is 0.154. The summed E-state index contributed by atoms with van der Waals surface area (Å²) in [6.45, 7) is 1.92. The Balaban J connectivity index is 1.09. The number of imidazole rings is 1. The van der Waals surface area contributed by atoms with Crippen molar-refractivity contribution in [1.29, 1.82) is 0 Å². The molecule has 0 unspecified atom stereocenters. The molecule has 8 heteroatoms. The van der Waals surface area contributed by atoms with Crippen molar-refractivity contribution in [2.45, 2.75) is 31.6 Å². The number of halogens is 1. The molecule has 7 nitrogen and oxygen atoms in total. The number of likely N-dealkylation sites (tertiary alicyclic amines) is 1. The van der Waals surface area contributed by atoms with E-state index >= 15 is 0 Å². The van der Waals surface area contributed by atoms with E-state index in [1.165, 1.54) is 12.1 Å². The number of ether oxygens (including phenoxy) is 1. The van der Waals surface area contributed by atoms with Crippen LogP contribution in [0, 0.1) is 5.82 Å². The molecule has 2 aromatic heterocycles. The first kappa shape index (κ1) is 21.2. The average molecular weight is 448 g/mol. The molecule has 1 atom stereocenters. The van der Waals surface area contributed by atoms with Gasteiger partial charge in [0.25, 0.3) is 0 Å². The summed E-state index contributed by atoms with van der Waals surface area (Å²) in [4.78, 5) is 22.5. The van der Waals surface area contributed by atoms with Crippen LogP contribution in [0.15, 0.2) is 54.6 Å². The molecule has 170 valence electrons. The number of amides is 1. The van der Waals surface area contributed by atoms with Crippen LogP contribution >= 0.6 is 0 Å². The smallest absolute Gasteiger partial charge is 0.223 e.